The maximum Gasteiger partial charge on any atom is 0.276 e. The molecule has 5 nitrogen and oxygen atoms in total. The molecule has 0 saturated carbocycles. The van der Waals surface area contributed by atoms with Crippen LogP contribution < -0.4 is 9.47 Å². The van der Waals surface area contributed by atoms with E-state index in [9.17, 15) is 4.79 Å². The summed E-state index contributed by atoms with van der Waals surface area (Å²) in [5, 5.41) is 1.14. The van der Waals surface area contributed by atoms with Gasteiger partial charge in [-0.1, -0.05) is 23.7 Å². The van der Waals surface area contributed by atoms with E-state index < -0.39 is 0 Å². The lowest BCUT2D eigenvalue weighted by Crippen LogP contribution is -2.26. The first-order valence-electron chi connectivity index (χ1n) is 8.92. The molecule has 0 radical (unpaired) electrons. The minimum absolute atomic E-state index is 0.133. The van der Waals surface area contributed by atoms with Gasteiger partial charge >= 0.3 is 0 Å². The standard InChI is InChI=1S/C21H20ClIN2O3S/c1-4-27-18-11-14(10-17-20(26)25(3)21(29)24(17)2)9-16(23)19(18)28-12-13-6-5-7-15(22)8-13/h5-11H,4,12H2,1-3H3/b17-10-. The number of likely N-dealkylation sites (N-methyl/N-ethyl adjacent to an activating group) is 2. The molecule has 0 unspecified atom stereocenters. The van der Waals surface area contributed by atoms with Crippen molar-refractivity contribution in [3.05, 3.63) is 61.8 Å². The van der Waals surface area contributed by atoms with Gasteiger partial charge in [-0.05, 0) is 83.2 Å². The van der Waals surface area contributed by atoms with Crippen molar-refractivity contribution in [3.8, 4) is 11.5 Å². The molecule has 0 aliphatic carbocycles. The largest absolute Gasteiger partial charge is 0.490 e. The van der Waals surface area contributed by atoms with E-state index in [-0.39, 0.29) is 5.91 Å². The first kappa shape index (κ1) is 21.9. The summed E-state index contributed by atoms with van der Waals surface area (Å²) in [5.74, 6) is 1.15. The Balaban J connectivity index is 1.91. The van der Waals surface area contributed by atoms with Crippen LogP contribution in [0.15, 0.2) is 42.1 Å². The highest BCUT2D eigenvalue weighted by Gasteiger charge is 2.32. The molecule has 0 N–H and O–H groups in total. The summed E-state index contributed by atoms with van der Waals surface area (Å²) < 4.78 is 12.7. The average molecular weight is 543 g/mol. The third kappa shape index (κ3) is 4.84. The summed E-state index contributed by atoms with van der Waals surface area (Å²) in [6, 6.07) is 11.4. The molecule has 2 aromatic rings. The molecule has 1 heterocycles. The monoisotopic (exact) mass is 542 g/mol. The zero-order valence-corrected chi connectivity index (χ0v) is 20.0. The maximum atomic E-state index is 12.4. The zero-order chi connectivity index (χ0) is 21.1. The zero-order valence-electron chi connectivity index (χ0n) is 16.2. The minimum Gasteiger partial charge on any atom is -0.490 e. The molecule has 1 amide bonds. The molecule has 0 spiro atoms. The van der Waals surface area contributed by atoms with Crippen molar-refractivity contribution in [2.45, 2.75) is 13.5 Å². The van der Waals surface area contributed by atoms with Crippen LogP contribution in [0.5, 0.6) is 11.5 Å². The number of hydrogen-bond acceptors (Lipinski definition) is 4. The molecule has 1 fully saturated rings. The van der Waals surface area contributed by atoms with E-state index in [1.807, 2.05) is 49.4 Å². The van der Waals surface area contributed by atoms with Gasteiger partial charge in [-0.25, -0.2) is 0 Å². The quantitative estimate of drug-likeness (QED) is 0.294. The third-order valence-electron chi connectivity index (χ3n) is 4.37. The van der Waals surface area contributed by atoms with Crippen LogP contribution in [0.3, 0.4) is 0 Å². The van der Waals surface area contributed by atoms with Crippen LogP contribution in [-0.4, -0.2) is 41.5 Å². The van der Waals surface area contributed by atoms with E-state index in [1.54, 1.807) is 19.0 Å². The lowest BCUT2D eigenvalue weighted by atomic mass is 10.1. The van der Waals surface area contributed by atoms with E-state index in [1.165, 1.54) is 4.90 Å². The summed E-state index contributed by atoms with van der Waals surface area (Å²) in [6.45, 7) is 2.78. The molecule has 1 saturated heterocycles. The van der Waals surface area contributed by atoms with E-state index in [0.717, 1.165) is 14.7 Å². The molecule has 152 valence electrons. The van der Waals surface area contributed by atoms with E-state index in [4.69, 9.17) is 33.3 Å². The normalized spacial score (nSPS) is 15.4. The number of carbonyl (C=O) groups is 1. The number of halogens is 2. The number of thiocarbonyl (C=S) groups is 1. The van der Waals surface area contributed by atoms with Crippen LogP contribution >= 0.6 is 46.4 Å². The minimum atomic E-state index is -0.133. The second-order valence-corrected chi connectivity index (χ2v) is 8.38. The Labute approximate surface area is 194 Å². The van der Waals surface area contributed by atoms with Gasteiger partial charge in [0, 0.05) is 19.1 Å². The molecule has 0 aromatic heterocycles. The highest BCUT2D eigenvalue weighted by atomic mass is 127. The Morgan fingerprint density at radius 2 is 1.93 bits per heavy atom. The van der Waals surface area contributed by atoms with Crippen molar-refractivity contribution in [2.24, 2.45) is 0 Å². The summed E-state index contributed by atoms with van der Waals surface area (Å²) in [4.78, 5) is 15.6. The second kappa shape index (κ2) is 9.32. The smallest absolute Gasteiger partial charge is 0.276 e. The summed E-state index contributed by atoms with van der Waals surface area (Å²) in [7, 11) is 3.45. The molecule has 3 rings (SSSR count). The van der Waals surface area contributed by atoms with Crippen molar-refractivity contribution in [3.63, 3.8) is 0 Å². The molecule has 1 aliphatic rings. The molecular weight excluding hydrogens is 523 g/mol. The van der Waals surface area contributed by atoms with Gasteiger partial charge in [0.05, 0.1) is 10.2 Å². The Hall–Kier alpha value is -1.84. The van der Waals surface area contributed by atoms with Crippen LogP contribution in [0.25, 0.3) is 6.08 Å². The lowest BCUT2D eigenvalue weighted by Gasteiger charge is -2.15. The van der Waals surface area contributed by atoms with Crippen molar-refractivity contribution < 1.29 is 14.3 Å². The van der Waals surface area contributed by atoms with Gasteiger partial charge in [-0.15, -0.1) is 0 Å². The first-order valence-corrected chi connectivity index (χ1v) is 10.8. The van der Waals surface area contributed by atoms with Crippen molar-refractivity contribution in [1.82, 2.24) is 9.80 Å². The fraction of sp³-hybridized carbons (Fsp3) is 0.238. The lowest BCUT2D eigenvalue weighted by molar-refractivity contribution is -0.121. The van der Waals surface area contributed by atoms with Gasteiger partial charge in [0.15, 0.2) is 16.6 Å². The maximum absolute atomic E-state index is 12.4. The summed E-state index contributed by atoms with van der Waals surface area (Å²) >= 11 is 13.5. The molecule has 0 atom stereocenters. The fourth-order valence-electron chi connectivity index (χ4n) is 2.90. The summed E-state index contributed by atoms with van der Waals surface area (Å²) in [5.41, 5.74) is 2.32. The highest BCUT2D eigenvalue weighted by Crippen LogP contribution is 2.36. The fourth-order valence-corrected chi connectivity index (χ4v) is 4.08. The molecule has 8 heteroatoms. The Morgan fingerprint density at radius 3 is 2.55 bits per heavy atom. The molecule has 0 bridgehead atoms. The Morgan fingerprint density at radius 1 is 1.17 bits per heavy atom. The van der Waals surface area contributed by atoms with Crippen molar-refractivity contribution in [1.29, 1.82) is 0 Å². The second-order valence-electron chi connectivity index (χ2n) is 6.42. The van der Waals surface area contributed by atoms with Gasteiger partial charge in [0.2, 0.25) is 0 Å². The number of hydrogen-bond donors (Lipinski definition) is 0. The van der Waals surface area contributed by atoms with Crippen LogP contribution in [-0.2, 0) is 11.4 Å². The molecule has 1 aliphatic heterocycles. The summed E-state index contributed by atoms with van der Waals surface area (Å²) in [6.07, 6.45) is 1.81. The van der Waals surface area contributed by atoms with Gasteiger partial charge in [0.1, 0.15) is 12.3 Å². The SMILES string of the molecule is CCOc1cc(/C=C2/C(=O)N(C)C(=S)N2C)cc(I)c1OCc1cccc(Cl)c1. The number of nitrogens with zero attached hydrogens (tertiary/aromatic N) is 2. The third-order valence-corrected chi connectivity index (χ3v) is 5.95. The number of amides is 1. The Bertz CT molecular complexity index is 996. The van der Waals surface area contributed by atoms with Gasteiger partial charge in [0.25, 0.3) is 5.91 Å². The predicted molar refractivity (Wildman–Crippen MR) is 127 cm³/mol. The molecule has 2 aromatic carbocycles. The van der Waals surface area contributed by atoms with Crippen LogP contribution in [0.4, 0.5) is 0 Å². The van der Waals surface area contributed by atoms with Crippen molar-refractivity contribution in [2.75, 3.05) is 20.7 Å². The highest BCUT2D eigenvalue weighted by molar-refractivity contribution is 14.1. The predicted octanol–water partition coefficient (Wildman–Crippen LogP) is 4.95. The number of benzene rings is 2. The van der Waals surface area contributed by atoms with E-state index in [0.29, 0.717) is 40.5 Å². The number of carbonyl (C=O) groups excluding carboxylic acids is 1. The van der Waals surface area contributed by atoms with Crippen LogP contribution in [0, 0.1) is 3.57 Å². The van der Waals surface area contributed by atoms with Gasteiger partial charge in [-0.2, -0.15) is 0 Å². The number of rotatable bonds is 6. The Kier molecular flexibility index (Phi) is 7.02. The number of ether oxygens (including phenoxy) is 2. The van der Waals surface area contributed by atoms with Crippen molar-refractivity contribution >= 4 is 63.5 Å². The van der Waals surface area contributed by atoms with Crippen LogP contribution in [0.1, 0.15) is 18.1 Å². The van der Waals surface area contributed by atoms with E-state index in [2.05, 4.69) is 22.6 Å². The molecular formula is C21H20ClIN2O3S. The first-order chi connectivity index (χ1) is 13.8. The topological polar surface area (TPSA) is 42.0 Å². The van der Waals surface area contributed by atoms with Crippen LogP contribution in [0.2, 0.25) is 5.02 Å². The van der Waals surface area contributed by atoms with Gasteiger partial charge in [-0.3, -0.25) is 9.69 Å². The van der Waals surface area contributed by atoms with Gasteiger partial charge < -0.3 is 14.4 Å². The average Bonchev–Trinajstić information content (AvgIpc) is 2.85. The molecule has 29 heavy (non-hydrogen) atoms. The van der Waals surface area contributed by atoms with E-state index >= 15 is 0 Å².